The van der Waals surface area contributed by atoms with Crippen molar-refractivity contribution in [3.05, 3.63) is 27.8 Å². The fourth-order valence-corrected chi connectivity index (χ4v) is 4.45. The molecule has 1 amide bonds. The Morgan fingerprint density at radius 2 is 1.76 bits per heavy atom. The summed E-state index contributed by atoms with van der Waals surface area (Å²) in [5.74, 6) is -2.05. The Morgan fingerprint density at radius 3 is 2.21 bits per heavy atom. The fourth-order valence-electron chi connectivity index (χ4n) is 2.75. The molecule has 0 aliphatic carbocycles. The number of anilines is 1. The summed E-state index contributed by atoms with van der Waals surface area (Å²) in [5.41, 5.74) is -1.27. The summed E-state index contributed by atoms with van der Waals surface area (Å²) in [6, 6.07) is 1.80. The molecule has 0 spiro atoms. The highest BCUT2D eigenvalue weighted by Gasteiger charge is 2.30. The average Bonchev–Trinajstić information content (AvgIpc) is 2.68. The molecule has 1 aromatic carbocycles. The van der Waals surface area contributed by atoms with E-state index in [2.05, 4.69) is 15.9 Å². The first-order valence-electron chi connectivity index (χ1n) is 9.23. The standard InChI is InChI=1S/C17H24BrN3O10S2/c1-19(6-4-16(22)23)17(24)12-10-14(15(32(2,27)28)11-13(12)21(25)26)20(7-5-18)8-9-31-33(3,29)30/h10-11H,4-9H2,1-3H3,(H,22,23). The van der Waals surface area contributed by atoms with Crippen LogP contribution in [-0.4, -0.2) is 94.8 Å². The van der Waals surface area contributed by atoms with Gasteiger partial charge in [0.15, 0.2) is 9.84 Å². The lowest BCUT2D eigenvalue weighted by molar-refractivity contribution is -0.385. The van der Waals surface area contributed by atoms with Gasteiger partial charge < -0.3 is 14.9 Å². The van der Waals surface area contributed by atoms with Crippen LogP contribution in [0.25, 0.3) is 0 Å². The number of halogens is 1. The number of alkyl halides is 1. The molecule has 0 saturated heterocycles. The van der Waals surface area contributed by atoms with E-state index in [4.69, 9.17) is 9.29 Å². The summed E-state index contributed by atoms with van der Waals surface area (Å²) in [5, 5.41) is 20.8. The number of hydrogen-bond acceptors (Lipinski definition) is 10. The maximum Gasteiger partial charge on any atom is 0.305 e. The first-order chi connectivity index (χ1) is 15.1. The van der Waals surface area contributed by atoms with Crippen molar-refractivity contribution in [2.75, 3.05) is 56.0 Å². The molecule has 0 fully saturated rings. The topological polar surface area (TPSA) is 181 Å². The van der Waals surface area contributed by atoms with Gasteiger partial charge in [-0.25, -0.2) is 8.42 Å². The summed E-state index contributed by atoms with van der Waals surface area (Å²) in [6.45, 7) is -0.535. The summed E-state index contributed by atoms with van der Waals surface area (Å²) < 4.78 is 52.1. The number of carbonyl (C=O) groups excluding carboxylic acids is 1. The molecule has 0 aliphatic rings. The van der Waals surface area contributed by atoms with Crippen LogP contribution in [0.4, 0.5) is 11.4 Å². The van der Waals surface area contributed by atoms with Gasteiger partial charge >= 0.3 is 5.97 Å². The quantitative estimate of drug-likeness (QED) is 0.152. The third-order valence-corrected chi connectivity index (χ3v) is 6.34. The van der Waals surface area contributed by atoms with Crippen LogP contribution in [0.1, 0.15) is 16.8 Å². The van der Waals surface area contributed by atoms with Crippen LogP contribution in [0.5, 0.6) is 0 Å². The highest BCUT2D eigenvalue weighted by atomic mass is 79.9. The predicted octanol–water partition coefficient (Wildman–Crippen LogP) is 0.723. The lowest BCUT2D eigenvalue weighted by Gasteiger charge is -2.27. The minimum atomic E-state index is -4.01. The largest absolute Gasteiger partial charge is 0.481 e. The number of nitro benzene ring substituents is 1. The predicted molar refractivity (Wildman–Crippen MR) is 122 cm³/mol. The van der Waals surface area contributed by atoms with Crippen LogP contribution in [0.3, 0.4) is 0 Å². The van der Waals surface area contributed by atoms with Crippen molar-refractivity contribution in [2.45, 2.75) is 11.3 Å². The summed E-state index contributed by atoms with van der Waals surface area (Å²) in [4.78, 5) is 36.3. The van der Waals surface area contributed by atoms with Gasteiger partial charge in [0.1, 0.15) is 5.56 Å². The number of carboxylic acid groups (broad SMARTS) is 1. The molecule has 1 N–H and O–H groups in total. The normalized spacial score (nSPS) is 11.8. The number of rotatable bonds is 13. The number of carboxylic acids is 1. The van der Waals surface area contributed by atoms with Gasteiger partial charge in [-0.3, -0.25) is 23.9 Å². The highest BCUT2D eigenvalue weighted by molar-refractivity contribution is 9.09. The van der Waals surface area contributed by atoms with Crippen LogP contribution < -0.4 is 4.90 Å². The average molecular weight is 574 g/mol. The number of hydrogen-bond donors (Lipinski definition) is 1. The summed E-state index contributed by atoms with van der Waals surface area (Å²) in [6.07, 6.45) is 1.29. The van der Waals surface area contributed by atoms with E-state index in [1.54, 1.807) is 0 Å². The Bertz CT molecular complexity index is 1120. The second-order valence-electron chi connectivity index (χ2n) is 6.94. The molecule has 0 bridgehead atoms. The highest BCUT2D eigenvalue weighted by Crippen LogP contribution is 2.34. The Hall–Kier alpha value is -2.30. The molecular formula is C17H24BrN3O10S2. The van der Waals surface area contributed by atoms with Crippen molar-refractivity contribution >= 4 is 59.1 Å². The van der Waals surface area contributed by atoms with Gasteiger partial charge in [0, 0.05) is 44.3 Å². The third kappa shape index (κ3) is 8.87. The van der Waals surface area contributed by atoms with E-state index in [1.807, 2.05) is 0 Å². The van der Waals surface area contributed by atoms with Gasteiger partial charge in [-0.05, 0) is 6.07 Å². The van der Waals surface area contributed by atoms with Crippen molar-refractivity contribution in [1.29, 1.82) is 0 Å². The van der Waals surface area contributed by atoms with Crippen molar-refractivity contribution in [2.24, 2.45) is 0 Å². The van der Waals surface area contributed by atoms with E-state index >= 15 is 0 Å². The van der Waals surface area contributed by atoms with E-state index in [0.29, 0.717) is 5.33 Å². The van der Waals surface area contributed by atoms with E-state index < -0.39 is 59.3 Å². The van der Waals surface area contributed by atoms with Crippen molar-refractivity contribution in [1.82, 2.24) is 4.90 Å². The zero-order valence-electron chi connectivity index (χ0n) is 18.1. The van der Waals surface area contributed by atoms with E-state index in [9.17, 15) is 36.5 Å². The SMILES string of the molecule is CN(CCC(=O)O)C(=O)c1cc(N(CCBr)CCOS(C)(=O)=O)c(S(C)(=O)=O)cc1[N+](=O)[O-]. The fraction of sp³-hybridized carbons (Fsp3) is 0.529. The Morgan fingerprint density at radius 1 is 1.15 bits per heavy atom. The molecule has 33 heavy (non-hydrogen) atoms. The summed E-state index contributed by atoms with van der Waals surface area (Å²) in [7, 11) is -6.53. The molecule has 0 radical (unpaired) electrons. The lowest BCUT2D eigenvalue weighted by Crippen LogP contribution is -2.33. The molecule has 0 heterocycles. The number of sulfone groups is 1. The molecule has 0 aliphatic heterocycles. The molecule has 0 saturated carbocycles. The molecule has 0 aromatic heterocycles. The lowest BCUT2D eigenvalue weighted by atomic mass is 10.1. The Balaban J connectivity index is 3.64. The van der Waals surface area contributed by atoms with E-state index in [0.717, 1.165) is 29.5 Å². The van der Waals surface area contributed by atoms with Crippen molar-refractivity contribution in [3.8, 4) is 0 Å². The summed E-state index contributed by atoms with van der Waals surface area (Å²) >= 11 is 3.21. The minimum absolute atomic E-state index is 0.0605. The molecule has 13 nitrogen and oxygen atoms in total. The molecule has 0 atom stereocenters. The molecule has 1 aromatic rings. The van der Waals surface area contributed by atoms with Crippen molar-refractivity contribution in [3.63, 3.8) is 0 Å². The van der Waals surface area contributed by atoms with Gasteiger partial charge in [0.2, 0.25) is 0 Å². The maximum atomic E-state index is 12.9. The maximum absolute atomic E-state index is 12.9. The molecule has 0 unspecified atom stereocenters. The molecule has 1 rings (SSSR count). The van der Waals surface area contributed by atoms with Crippen LogP contribution in [0.2, 0.25) is 0 Å². The van der Waals surface area contributed by atoms with Crippen LogP contribution in [-0.2, 0) is 28.9 Å². The van der Waals surface area contributed by atoms with E-state index in [-0.39, 0.29) is 31.9 Å². The van der Waals surface area contributed by atoms with Gasteiger partial charge in [0.05, 0.1) is 34.8 Å². The van der Waals surface area contributed by atoms with Crippen LogP contribution >= 0.6 is 15.9 Å². The van der Waals surface area contributed by atoms with Gasteiger partial charge in [-0.2, -0.15) is 8.42 Å². The monoisotopic (exact) mass is 573 g/mol. The third-order valence-electron chi connectivity index (χ3n) is 4.27. The Kier molecular flexibility index (Phi) is 10.2. The number of aliphatic carboxylic acids is 1. The zero-order valence-corrected chi connectivity index (χ0v) is 21.3. The van der Waals surface area contributed by atoms with Crippen molar-refractivity contribution < 1.29 is 40.6 Å². The number of nitro groups is 1. The number of nitrogens with zero attached hydrogens (tertiary/aromatic N) is 3. The Labute approximate surface area is 199 Å². The second kappa shape index (κ2) is 11.7. The first-order valence-corrected chi connectivity index (χ1v) is 14.1. The van der Waals surface area contributed by atoms with Gasteiger partial charge in [-0.15, -0.1) is 0 Å². The number of amides is 1. The first kappa shape index (κ1) is 28.7. The van der Waals surface area contributed by atoms with Gasteiger partial charge in [0.25, 0.3) is 21.7 Å². The molecule has 186 valence electrons. The second-order valence-corrected chi connectivity index (χ2v) is 11.4. The molecular weight excluding hydrogens is 550 g/mol. The van der Waals surface area contributed by atoms with Gasteiger partial charge in [-0.1, -0.05) is 15.9 Å². The zero-order chi connectivity index (χ0) is 25.6. The number of carbonyl (C=O) groups is 2. The van der Waals surface area contributed by atoms with E-state index in [1.165, 1.54) is 11.9 Å². The number of benzene rings is 1. The molecule has 16 heteroatoms. The minimum Gasteiger partial charge on any atom is -0.481 e. The van der Waals surface area contributed by atoms with Crippen LogP contribution in [0.15, 0.2) is 17.0 Å². The van der Waals surface area contributed by atoms with Crippen LogP contribution in [0, 0.1) is 10.1 Å². The smallest absolute Gasteiger partial charge is 0.305 e.